The van der Waals surface area contributed by atoms with Crippen LogP contribution in [0, 0.1) is 0 Å². The Kier molecular flexibility index (Phi) is 7.98. The first-order valence-corrected chi connectivity index (χ1v) is 10.4. The van der Waals surface area contributed by atoms with Crippen LogP contribution in [0.25, 0.3) is 6.08 Å². The Morgan fingerprint density at radius 1 is 0.897 bits per heavy atom. The second-order valence-electron chi connectivity index (χ2n) is 6.87. The number of hydrazine groups is 1. The van der Waals surface area contributed by atoms with E-state index in [2.05, 4.69) is 60.9 Å². The molecule has 0 spiro atoms. The van der Waals surface area contributed by atoms with Crippen molar-refractivity contribution in [3.05, 3.63) is 76.3 Å². The number of carbonyl (C=O) groups is 2. The molecule has 1 heterocycles. The smallest absolute Gasteiger partial charge is 0.270 e. The first-order valence-electron chi connectivity index (χ1n) is 9.62. The van der Waals surface area contributed by atoms with Gasteiger partial charge in [0.05, 0.1) is 12.1 Å². The van der Waals surface area contributed by atoms with Crippen molar-refractivity contribution in [2.75, 3.05) is 39.3 Å². The van der Waals surface area contributed by atoms with Crippen LogP contribution in [-0.4, -0.2) is 60.9 Å². The van der Waals surface area contributed by atoms with Crippen molar-refractivity contribution >= 4 is 33.8 Å². The van der Waals surface area contributed by atoms with Gasteiger partial charge in [-0.25, -0.2) is 0 Å². The summed E-state index contributed by atoms with van der Waals surface area (Å²) in [6, 6.07) is 17.3. The Morgan fingerprint density at radius 2 is 1.55 bits per heavy atom. The molecule has 0 aromatic heterocycles. The zero-order valence-corrected chi connectivity index (χ0v) is 17.8. The zero-order valence-electron chi connectivity index (χ0n) is 16.2. The summed E-state index contributed by atoms with van der Waals surface area (Å²) in [5, 5.41) is 0. The third-order valence-electron chi connectivity index (χ3n) is 4.74. The van der Waals surface area contributed by atoms with Crippen LogP contribution in [0.15, 0.2) is 65.1 Å². The molecule has 2 aromatic carbocycles. The van der Waals surface area contributed by atoms with Gasteiger partial charge in [-0.15, -0.1) is 0 Å². The molecule has 0 aliphatic carbocycles. The maximum atomic E-state index is 12.1. The first-order chi connectivity index (χ1) is 14.1. The average molecular weight is 457 g/mol. The van der Waals surface area contributed by atoms with Crippen LogP contribution >= 0.6 is 15.9 Å². The van der Waals surface area contributed by atoms with Crippen LogP contribution in [0.3, 0.4) is 0 Å². The van der Waals surface area contributed by atoms with Crippen molar-refractivity contribution in [3.8, 4) is 0 Å². The molecule has 1 saturated heterocycles. The highest BCUT2D eigenvalue weighted by Crippen LogP contribution is 2.15. The van der Waals surface area contributed by atoms with Crippen LogP contribution in [0.5, 0.6) is 0 Å². The lowest BCUT2D eigenvalue weighted by molar-refractivity contribution is -0.123. The van der Waals surface area contributed by atoms with Gasteiger partial charge in [-0.05, 0) is 33.6 Å². The lowest BCUT2D eigenvalue weighted by Crippen LogP contribution is -2.51. The number of halogens is 1. The molecule has 152 valence electrons. The fourth-order valence-electron chi connectivity index (χ4n) is 3.11. The molecule has 3 rings (SSSR count). The van der Waals surface area contributed by atoms with E-state index in [1.807, 2.05) is 24.3 Å². The zero-order chi connectivity index (χ0) is 20.5. The summed E-state index contributed by atoms with van der Waals surface area (Å²) in [5.74, 6) is -0.566. The molecule has 7 heteroatoms. The summed E-state index contributed by atoms with van der Waals surface area (Å²) in [7, 11) is 0. The highest BCUT2D eigenvalue weighted by molar-refractivity contribution is 9.10. The third-order valence-corrected chi connectivity index (χ3v) is 5.43. The second kappa shape index (κ2) is 10.9. The molecule has 29 heavy (non-hydrogen) atoms. The van der Waals surface area contributed by atoms with Gasteiger partial charge in [-0.1, -0.05) is 54.6 Å². The first kappa shape index (κ1) is 21.2. The SMILES string of the molecule is O=C(CN1CCN(C/C=C/c2ccccc2)CC1)NNC(=O)c1ccccc1Br. The summed E-state index contributed by atoms with van der Waals surface area (Å²) in [4.78, 5) is 28.7. The van der Waals surface area contributed by atoms with Gasteiger partial charge in [0.2, 0.25) is 0 Å². The Bertz CT molecular complexity index is 849. The lowest BCUT2D eigenvalue weighted by atomic mass is 10.2. The van der Waals surface area contributed by atoms with Gasteiger partial charge in [-0.3, -0.25) is 30.2 Å². The van der Waals surface area contributed by atoms with E-state index < -0.39 is 0 Å². The number of rotatable bonds is 6. The van der Waals surface area contributed by atoms with Gasteiger partial charge < -0.3 is 0 Å². The number of hydrogen-bond acceptors (Lipinski definition) is 4. The predicted molar refractivity (Wildman–Crippen MR) is 118 cm³/mol. The number of piperazine rings is 1. The monoisotopic (exact) mass is 456 g/mol. The summed E-state index contributed by atoms with van der Waals surface area (Å²) >= 11 is 3.33. The maximum absolute atomic E-state index is 12.1. The molecule has 0 bridgehead atoms. The normalized spacial score (nSPS) is 15.3. The van der Waals surface area contributed by atoms with Crippen molar-refractivity contribution in [2.45, 2.75) is 0 Å². The van der Waals surface area contributed by atoms with Crippen LogP contribution in [0.2, 0.25) is 0 Å². The van der Waals surface area contributed by atoms with E-state index in [4.69, 9.17) is 0 Å². The van der Waals surface area contributed by atoms with E-state index in [9.17, 15) is 9.59 Å². The highest BCUT2D eigenvalue weighted by Gasteiger charge is 2.18. The Balaban J connectivity index is 1.35. The van der Waals surface area contributed by atoms with Crippen molar-refractivity contribution in [1.82, 2.24) is 20.7 Å². The van der Waals surface area contributed by atoms with Crippen LogP contribution in [0.4, 0.5) is 0 Å². The standard InChI is InChI=1S/C22H25BrN4O2/c23-20-11-5-4-10-19(20)22(29)25-24-21(28)17-27-15-13-26(14-16-27)12-6-9-18-7-2-1-3-8-18/h1-11H,12-17H2,(H,24,28)(H,25,29)/b9-6+. The molecule has 1 fully saturated rings. The number of nitrogens with zero attached hydrogens (tertiary/aromatic N) is 2. The molecule has 0 unspecified atom stereocenters. The predicted octanol–water partition coefficient (Wildman–Crippen LogP) is 2.54. The van der Waals surface area contributed by atoms with Gasteiger partial charge >= 0.3 is 0 Å². The summed E-state index contributed by atoms with van der Waals surface area (Å²) in [5.41, 5.74) is 6.64. The van der Waals surface area contributed by atoms with E-state index in [1.54, 1.807) is 18.2 Å². The minimum Gasteiger partial charge on any atom is -0.297 e. The number of amides is 2. The largest absolute Gasteiger partial charge is 0.297 e. The van der Waals surface area contributed by atoms with Crippen LogP contribution in [0.1, 0.15) is 15.9 Å². The van der Waals surface area contributed by atoms with Crippen molar-refractivity contribution in [3.63, 3.8) is 0 Å². The Morgan fingerprint density at radius 3 is 2.28 bits per heavy atom. The molecular weight excluding hydrogens is 432 g/mol. The van der Waals surface area contributed by atoms with E-state index in [-0.39, 0.29) is 18.4 Å². The number of hydrogen-bond donors (Lipinski definition) is 2. The van der Waals surface area contributed by atoms with Gasteiger partial charge in [0.15, 0.2) is 0 Å². The summed E-state index contributed by atoms with van der Waals surface area (Å²) < 4.78 is 0.684. The molecule has 0 saturated carbocycles. The van der Waals surface area contributed by atoms with E-state index in [0.29, 0.717) is 10.0 Å². The minimum absolute atomic E-state index is 0.220. The van der Waals surface area contributed by atoms with Crippen molar-refractivity contribution < 1.29 is 9.59 Å². The van der Waals surface area contributed by atoms with Gasteiger partial charge in [0, 0.05) is 37.2 Å². The van der Waals surface area contributed by atoms with Gasteiger partial charge in [0.1, 0.15) is 0 Å². The van der Waals surface area contributed by atoms with Crippen molar-refractivity contribution in [1.29, 1.82) is 0 Å². The number of carbonyl (C=O) groups excluding carboxylic acids is 2. The fourth-order valence-corrected chi connectivity index (χ4v) is 3.58. The van der Waals surface area contributed by atoms with E-state index in [0.717, 1.165) is 32.7 Å². The average Bonchev–Trinajstić information content (AvgIpc) is 2.74. The van der Waals surface area contributed by atoms with Gasteiger partial charge in [0.25, 0.3) is 11.8 Å². The van der Waals surface area contributed by atoms with Crippen LogP contribution in [-0.2, 0) is 4.79 Å². The molecule has 2 amide bonds. The Labute approximate surface area is 179 Å². The minimum atomic E-state index is -0.346. The van der Waals surface area contributed by atoms with Crippen LogP contribution < -0.4 is 10.9 Å². The molecule has 6 nitrogen and oxygen atoms in total. The topological polar surface area (TPSA) is 64.7 Å². The molecule has 1 aliphatic heterocycles. The van der Waals surface area contributed by atoms with E-state index in [1.165, 1.54) is 5.56 Å². The quantitative estimate of drug-likeness (QED) is 0.655. The van der Waals surface area contributed by atoms with Crippen molar-refractivity contribution in [2.24, 2.45) is 0 Å². The maximum Gasteiger partial charge on any atom is 0.270 e. The number of benzene rings is 2. The molecule has 2 aromatic rings. The second-order valence-corrected chi connectivity index (χ2v) is 7.73. The van der Waals surface area contributed by atoms with Gasteiger partial charge in [-0.2, -0.15) is 0 Å². The number of nitrogens with one attached hydrogen (secondary N) is 2. The highest BCUT2D eigenvalue weighted by atomic mass is 79.9. The molecular formula is C22H25BrN4O2. The summed E-state index contributed by atoms with van der Waals surface area (Å²) in [6.45, 7) is 4.64. The Hall–Kier alpha value is -2.48. The molecule has 0 radical (unpaired) electrons. The summed E-state index contributed by atoms with van der Waals surface area (Å²) in [6.07, 6.45) is 4.31. The fraction of sp³-hybridized carbons (Fsp3) is 0.273. The third kappa shape index (κ3) is 6.81. The molecule has 1 aliphatic rings. The lowest BCUT2D eigenvalue weighted by Gasteiger charge is -2.33. The molecule has 2 N–H and O–H groups in total. The molecule has 0 atom stereocenters. The van der Waals surface area contributed by atoms with E-state index >= 15 is 0 Å².